The number of benzene rings is 1. The molecule has 3 aliphatic heterocycles. The second-order valence-corrected chi connectivity index (χ2v) is 15.2. The molecule has 0 saturated carbocycles. The van der Waals surface area contributed by atoms with Crippen LogP contribution in [0.3, 0.4) is 0 Å². The highest BCUT2D eigenvalue weighted by atomic mass is 32.2. The van der Waals surface area contributed by atoms with Crippen molar-refractivity contribution in [3.8, 4) is 0 Å². The number of thiophene rings is 1. The number of rotatable bonds is 6. The normalized spacial score (nSPS) is 21.8. The zero-order chi connectivity index (χ0) is 29.6. The van der Waals surface area contributed by atoms with Gasteiger partial charge in [-0.25, -0.2) is 13.4 Å². The van der Waals surface area contributed by atoms with E-state index in [9.17, 15) is 18.0 Å². The van der Waals surface area contributed by atoms with E-state index in [1.54, 1.807) is 34.1 Å². The van der Waals surface area contributed by atoms with E-state index in [1.807, 2.05) is 0 Å². The fourth-order valence-electron chi connectivity index (χ4n) is 5.60. The van der Waals surface area contributed by atoms with Crippen molar-refractivity contribution < 1.29 is 22.7 Å². The fraction of sp³-hybridized carbons (Fsp3) is 0.481. The van der Waals surface area contributed by atoms with Gasteiger partial charge in [0.1, 0.15) is 10.0 Å². The van der Waals surface area contributed by atoms with Gasteiger partial charge in [0.15, 0.2) is 5.01 Å². The van der Waals surface area contributed by atoms with Gasteiger partial charge in [0.2, 0.25) is 5.91 Å². The SMILES string of the molecule is CC1Cc2nc(C(=O)N3CCN(S(=O)(=O)c4cc5cc(C(=N)N)ccc5s4)CC3CC(=O)N3CCOCC3)sc2CN1. The van der Waals surface area contributed by atoms with Crippen LogP contribution in [-0.4, -0.2) is 103 Å². The summed E-state index contributed by atoms with van der Waals surface area (Å²) < 4.78 is 35.4. The lowest BCUT2D eigenvalue weighted by Crippen LogP contribution is -2.58. The van der Waals surface area contributed by atoms with Crippen molar-refractivity contribution in [2.24, 2.45) is 5.73 Å². The lowest BCUT2D eigenvalue weighted by Gasteiger charge is -2.41. The molecule has 2 unspecified atom stereocenters. The van der Waals surface area contributed by atoms with E-state index in [4.69, 9.17) is 15.9 Å². The number of carbonyl (C=O) groups is 2. The predicted octanol–water partition coefficient (Wildman–Crippen LogP) is 1.44. The molecule has 3 aliphatic rings. The maximum atomic E-state index is 13.9. The van der Waals surface area contributed by atoms with Crippen molar-refractivity contribution in [2.45, 2.75) is 42.6 Å². The number of nitrogen functional groups attached to an aromatic ring is 1. The summed E-state index contributed by atoms with van der Waals surface area (Å²) >= 11 is 2.52. The number of aromatic nitrogens is 1. The number of nitrogens with zero attached hydrogens (tertiary/aromatic N) is 4. The van der Waals surface area contributed by atoms with E-state index in [1.165, 1.54) is 15.6 Å². The molecule has 0 bridgehead atoms. The molecular weight excluding hydrogens is 599 g/mol. The third kappa shape index (κ3) is 5.68. The van der Waals surface area contributed by atoms with Gasteiger partial charge in [0, 0.05) is 73.3 Å². The molecule has 2 atom stereocenters. The molecule has 2 saturated heterocycles. The monoisotopic (exact) mass is 631 g/mol. The van der Waals surface area contributed by atoms with Crippen molar-refractivity contribution in [1.29, 1.82) is 5.41 Å². The van der Waals surface area contributed by atoms with Gasteiger partial charge >= 0.3 is 0 Å². The Morgan fingerprint density at radius 3 is 2.71 bits per heavy atom. The molecule has 1 aromatic carbocycles. The Balaban J connectivity index is 1.27. The molecule has 224 valence electrons. The highest BCUT2D eigenvalue weighted by Crippen LogP contribution is 2.33. The van der Waals surface area contributed by atoms with Crippen molar-refractivity contribution >= 4 is 60.4 Å². The Kier molecular flexibility index (Phi) is 8.06. The highest BCUT2D eigenvalue weighted by molar-refractivity contribution is 7.91. The van der Waals surface area contributed by atoms with Crippen LogP contribution in [0.2, 0.25) is 0 Å². The third-order valence-electron chi connectivity index (χ3n) is 7.95. The molecule has 12 nitrogen and oxygen atoms in total. The topological polar surface area (TPSA) is 162 Å². The molecule has 2 aromatic heterocycles. The van der Waals surface area contributed by atoms with Crippen LogP contribution < -0.4 is 11.1 Å². The van der Waals surface area contributed by atoms with Crippen LogP contribution in [0.5, 0.6) is 0 Å². The summed E-state index contributed by atoms with van der Waals surface area (Å²) in [7, 11) is -3.91. The van der Waals surface area contributed by atoms with Gasteiger partial charge in [0.25, 0.3) is 15.9 Å². The summed E-state index contributed by atoms with van der Waals surface area (Å²) in [5.41, 5.74) is 7.07. The smallest absolute Gasteiger partial charge is 0.283 e. The molecule has 0 spiro atoms. The number of amidine groups is 1. The van der Waals surface area contributed by atoms with Gasteiger partial charge in [-0.05, 0) is 36.6 Å². The Morgan fingerprint density at radius 2 is 1.95 bits per heavy atom. The largest absolute Gasteiger partial charge is 0.384 e. The minimum Gasteiger partial charge on any atom is -0.384 e. The summed E-state index contributed by atoms with van der Waals surface area (Å²) in [6, 6.07) is 6.40. The number of sulfonamides is 1. The fourth-order valence-corrected chi connectivity index (χ4v) is 9.59. The number of morpholine rings is 1. The lowest BCUT2D eigenvalue weighted by molar-refractivity contribution is -0.136. The number of carbonyl (C=O) groups excluding carboxylic acids is 2. The molecule has 2 fully saturated rings. The van der Waals surface area contributed by atoms with Crippen LogP contribution in [0, 0.1) is 5.41 Å². The number of amides is 2. The van der Waals surface area contributed by atoms with Crippen molar-refractivity contribution in [1.82, 2.24) is 24.4 Å². The molecule has 15 heteroatoms. The van der Waals surface area contributed by atoms with Crippen LogP contribution in [0.1, 0.15) is 39.3 Å². The Bertz CT molecular complexity index is 1650. The van der Waals surface area contributed by atoms with Gasteiger partial charge in [-0.15, -0.1) is 22.7 Å². The first-order valence-electron chi connectivity index (χ1n) is 13.9. The first-order chi connectivity index (χ1) is 20.1. The minimum absolute atomic E-state index is 0.000768. The Labute approximate surface area is 252 Å². The van der Waals surface area contributed by atoms with Crippen molar-refractivity contribution in [3.05, 3.63) is 45.4 Å². The minimum atomic E-state index is -3.91. The number of thiazole rings is 1. The average Bonchev–Trinajstić information content (AvgIpc) is 3.61. The van der Waals surface area contributed by atoms with Crippen LogP contribution in [-0.2, 0) is 32.5 Å². The van der Waals surface area contributed by atoms with E-state index < -0.39 is 16.1 Å². The number of nitrogens with two attached hydrogens (primary N) is 1. The maximum Gasteiger partial charge on any atom is 0.283 e. The Hall–Kier alpha value is -2.95. The summed E-state index contributed by atoms with van der Waals surface area (Å²) in [5, 5.41) is 12.2. The highest BCUT2D eigenvalue weighted by Gasteiger charge is 2.40. The number of hydrogen-bond acceptors (Lipinski definition) is 10. The molecule has 42 heavy (non-hydrogen) atoms. The van der Waals surface area contributed by atoms with Crippen LogP contribution >= 0.6 is 22.7 Å². The van der Waals surface area contributed by atoms with Gasteiger partial charge in [-0.2, -0.15) is 4.31 Å². The van der Waals surface area contributed by atoms with Crippen molar-refractivity contribution in [2.75, 3.05) is 45.9 Å². The number of nitrogens with one attached hydrogen (secondary N) is 2. The lowest BCUT2D eigenvalue weighted by atomic mass is 10.1. The number of ether oxygens (including phenoxy) is 1. The number of fused-ring (bicyclic) bond motifs is 2. The summed E-state index contributed by atoms with van der Waals surface area (Å²) in [4.78, 5) is 36.2. The quantitative estimate of drug-likeness (QED) is 0.272. The molecule has 0 radical (unpaired) electrons. The molecular formula is C27H33N7O5S3. The molecule has 3 aromatic rings. The second-order valence-electron chi connectivity index (χ2n) is 10.8. The van der Waals surface area contributed by atoms with Crippen molar-refractivity contribution in [3.63, 3.8) is 0 Å². The molecule has 0 aliphatic carbocycles. The van der Waals surface area contributed by atoms with Crippen LogP contribution in [0.25, 0.3) is 10.1 Å². The summed E-state index contributed by atoms with van der Waals surface area (Å²) in [5.74, 6) is -0.485. The number of hydrogen-bond donors (Lipinski definition) is 3. The molecule has 2 amide bonds. The Morgan fingerprint density at radius 1 is 1.17 bits per heavy atom. The van der Waals surface area contributed by atoms with E-state index >= 15 is 0 Å². The number of piperazine rings is 1. The van der Waals surface area contributed by atoms with E-state index in [-0.39, 0.29) is 54.0 Å². The van der Waals surface area contributed by atoms with Gasteiger partial charge in [-0.1, -0.05) is 0 Å². The molecule has 6 rings (SSSR count). The van der Waals surface area contributed by atoms with Gasteiger partial charge < -0.3 is 25.6 Å². The third-order valence-corrected chi connectivity index (χ3v) is 12.5. The second kappa shape index (κ2) is 11.6. The van der Waals surface area contributed by atoms with Gasteiger partial charge in [0.05, 0.1) is 24.9 Å². The first-order valence-corrected chi connectivity index (χ1v) is 16.9. The molecule has 4 N–H and O–H groups in total. The predicted molar refractivity (Wildman–Crippen MR) is 161 cm³/mol. The van der Waals surface area contributed by atoms with Gasteiger partial charge in [-0.3, -0.25) is 15.0 Å². The summed E-state index contributed by atoms with van der Waals surface area (Å²) in [6.45, 7) is 4.84. The first kappa shape index (κ1) is 29.1. The average molecular weight is 632 g/mol. The van der Waals surface area contributed by atoms with E-state index in [0.29, 0.717) is 48.8 Å². The standard InChI is InChI=1S/C27H33N7O5S3/c1-16-10-20-22(14-30-16)41-26(31-20)27(36)34-5-4-33(15-19(34)13-23(35)32-6-8-39-9-7-32)42(37,38)24-12-18-11-17(25(28)29)2-3-21(18)40-24/h2-3,11-12,16,19,30H,4-10,13-15H2,1H3,(H3,28,29). The van der Waals surface area contributed by atoms with Crippen LogP contribution in [0.4, 0.5) is 0 Å². The zero-order valence-corrected chi connectivity index (χ0v) is 25.6. The van der Waals surface area contributed by atoms with E-state index in [2.05, 4.69) is 17.2 Å². The molecule has 5 heterocycles. The zero-order valence-electron chi connectivity index (χ0n) is 23.2. The summed E-state index contributed by atoms with van der Waals surface area (Å²) in [6.07, 6.45) is 0.753. The van der Waals surface area contributed by atoms with Crippen LogP contribution in [0.15, 0.2) is 28.5 Å². The maximum absolute atomic E-state index is 13.9. The van der Waals surface area contributed by atoms with E-state index in [0.717, 1.165) is 33.0 Å².